The molecule has 90 valence electrons. The standard InChI is InChI=1S/C14H22O2/c1-4-6-13(15)14(16)9-12-10(2)7-5-8-11(12)3/h5,7-8,13-16H,4,6,9H2,1-3H3. The fourth-order valence-electron chi connectivity index (χ4n) is 2.00. The minimum atomic E-state index is -0.653. The van der Waals surface area contributed by atoms with Crippen LogP contribution in [0.5, 0.6) is 0 Å². The quantitative estimate of drug-likeness (QED) is 0.803. The second kappa shape index (κ2) is 6.02. The molecule has 0 saturated heterocycles. The minimum Gasteiger partial charge on any atom is -0.390 e. The van der Waals surface area contributed by atoms with Crippen LogP contribution < -0.4 is 0 Å². The monoisotopic (exact) mass is 222 g/mol. The van der Waals surface area contributed by atoms with Gasteiger partial charge in [-0.1, -0.05) is 31.5 Å². The van der Waals surface area contributed by atoms with Crippen molar-refractivity contribution in [3.8, 4) is 0 Å². The molecule has 0 aliphatic heterocycles. The van der Waals surface area contributed by atoms with Crippen LogP contribution in [0.2, 0.25) is 0 Å². The van der Waals surface area contributed by atoms with Crippen molar-refractivity contribution in [2.24, 2.45) is 0 Å². The Balaban J connectivity index is 2.72. The summed E-state index contributed by atoms with van der Waals surface area (Å²) in [4.78, 5) is 0. The maximum Gasteiger partial charge on any atom is 0.0839 e. The van der Waals surface area contributed by atoms with E-state index in [1.54, 1.807) is 0 Å². The summed E-state index contributed by atoms with van der Waals surface area (Å²) in [5.41, 5.74) is 3.52. The van der Waals surface area contributed by atoms with Crippen LogP contribution in [0.15, 0.2) is 18.2 Å². The summed E-state index contributed by atoms with van der Waals surface area (Å²) < 4.78 is 0. The zero-order chi connectivity index (χ0) is 12.1. The van der Waals surface area contributed by atoms with Gasteiger partial charge in [0, 0.05) is 6.42 Å². The average Bonchev–Trinajstić information content (AvgIpc) is 2.23. The van der Waals surface area contributed by atoms with Crippen molar-refractivity contribution in [2.45, 2.75) is 52.2 Å². The van der Waals surface area contributed by atoms with Crippen LogP contribution in [0.4, 0.5) is 0 Å². The van der Waals surface area contributed by atoms with E-state index in [9.17, 15) is 10.2 Å². The third kappa shape index (κ3) is 3.32. The number of aryl methyl sites for hydroxylation is 2. The number of hydrogen-bond donors (Lipinski definition) is 2. The lowest BCUT2D eigenvalue weighted by Crippen LogP contribution is -2.28. The first-order chi connectivity index (χ1) is 7.56. The van der Waals surface area contributed by atoms with Gasteiger partial charge in [-0.25, -0.2) is 0 Å². The Labute approximate surface area is 97.9 Å². The van der Waals surface area contributed by atoms with Crippen LogP contribution in [0.1, 0.15) is 36.5 Å². The summed E-state index contributed by atoms with van der Waals surface area (Å²) in [6, 6.07) is 6.10. The maximum atomic E-state index is 9.90. The van der Waals surface area contributed by atoms with Crippen LogP contribution in [0.25, 0.3) is 0 Å². The molecule has 0 spiro atoms. The van der Waals surface area contributed by atoms with E-state index in [0.717, 1.165) is 12.0 Å². The number of aliphatic hydroxyl groups is 2. The van der Waals surface area contributed by atoms with E-state index in [1.165, 1.54) is 11.1 Å². The lowest BCUT2D eigenvalue weighted by molar-refractivity contribution is 0.0147. The van der Waals surface area contributed by atoms with Gasteiger partial charge in [0.25, 0.3) is 0 Å². The van der Waals surface area contributed by atoms with Crippen molar-refractivity contribution in [1.29, 1.82) is 0 Å². The van der Waals surface area contributed by atoms with Crippen molar-refractivity contribution in [3.63, 3.8) is 0 Å². The van der Waals surface area contributed by atoms with Gasteiger partial charge < -0.3 is 10.2 Å². The van der Waals surface area contributed by atoms with E-state index in [4.69, 9.17) is 0 Å². The summed E-state index contributed by atoms with van der Waals surface area (Å²) in [6.07, 6.45) is 0.834. The Morgan fingerprint density at radius 3 is 2.12 bits per heavy atom. The molecule has 0 aromatic heterocycles. The van der Waals surface area contributed by atoms with Crippen molar-refractivity contribution in [3.05, 3.63) is 34.9 Å². The van der Waals surface area contributed by atoms with Crippen molar-refractivity contribution >= 4 is 0 Å². The van der Waals surface area contributed by atoms with Crippen molar-refractivity contribution < 1.29 is 10.2 Å². The van der Waals surface area contributed by atoms with Crippen LogP contribution >= 0.6 is 0 Å². The zero-order valence-electron chi connectivity index (χ0n) is 10.4. The SMILES string of the molecule is CCCC(O)C(O)Cc1c(C)cccc1C. The summed E-state index contributed by atoms with van der Waals surface area (Å²) in [6.45, 7) is 6.09. The summed E-state index contributed by atoms with van der Waals surface area (Å²) in [7, 11) is 0. The largest absolute Gasteiger partial charge is 0.390 e. The minimum absolute atomic E-state index is 0.541. The molecule has 16 heavy (non-hydrogen) atoms. The van der Waals surface area contributed by atoms with Gasteiger partial charge in [-0.3, -0.25) is 0 Å². The van der Waals surface area contributed by atoms with Gasteiger partial charge in [0.15, 0.2) is 0 Å². The molecule has 0 bridgehead atoms. The van der Waals surface area contributed by atoms with E-state index in [1.807, 2.05) is 39.0 Å². The molecule has 0 heterocycles. The second-order valence-corrected chi connectivity index (χ2v) is 4.50. The average molecular weight is 222 g/mol. The van der Waals surface area contributed by atoms with E-state index in [-0.39, 0.29) is 0 Å². The predicted octanol–water partition coefficient (Wildman–Crippen LogP) is 2.37. The highest BCUT2D eigenvalue weighted by Crippen LogP contribution is 2.17. The Bertz CT molecular complexity index is 313. The normalized spacial score (nSPS) is 14.8. The van der Waals surface area contributed by atoms with Gasteiger partial charge >= 0.3 is 0 Å². The van der Waals surface area contributed by atoms with Crippen LogP contribution in [0, 0.1) is 13.8 Å². The topological polar surface area (TPSA) is 40.5 Å². The van der Waals surface area contributed by atoms with E-state index < -0.39 is 12.2 Å². The Kier molecular flexibility index (Phi) is 4.97. The lowest BCUT2D eigenvalue weighted by Gasteiger charge is -2.19. The molecule has 2 atom stereocenters. The molecule has 1 aromatic rings. The van der Waals surface area contributed by atoms with E-state index >= 15 is 0 Å². The van der Waals surface area contributed by atoms with Gasteiger partial charge in [0.05, 0.1) is 12.2 Å². The van der Waals surface area contributed by atoms with Gasteiger partial charge in [0.1, 0.15) is 0 Å². The molecular formula is C14H22O2. The smallest absolute Gasteiger partial charge is 0.0839 e. The van der Waals surface area contributed by atoms with Gasteiger partial charge in [0.2, 0.25) is 0 Å². The van der Waals surface area contributed by atoms with Crippen molar-refractivity contribution in [2.75, 3.05) is 0 Å². The predicted molar refractivity (Wildman–Crippen MR) is 66.5 cm³/mol. The lowest BCUT2D eigenvalue weighted by atomic mass is 9.94. The van der Waals surface area contributed by atoms with Crippen LogP contribution in [0.3, 0.4) is 0 Å². The first-order valence-corrected chi connectivity index (χ1v) is 5.97. The molecule has 2 heteroatoms. The van der Waals surface area contributed by atoms with E-state index in [2.05, 4.69) is 0 Å². The molecule has 0 saturated carbocycles. The first kappa shape index (κ1) is 13.2. The number of rotatable bonds is 5. The molecule has 0 amide bonds. The van der Waals surface area contributed by atoms with Crippen molar-refractivity contribution in [1.82, 2.24) is 0 Å². The van der Waals surface area contributed by atoms with E-state index in [0.29, 0.717) is 12.8 Å². The number of hydrogen-bond acceptors (Lipinski definition) is 2. The second-order valence-electron chi connectivity index (χ2n) is 4.50. The molecule has 1 aromatic carbocycles. The fourth-order valence-corrected chi connectivity index (χ4v) is 2.00. The molecule has 2 N–H and O–H groups in total. The fraction of sp³-hybridized carbons (Fsp3) is 0.571. The molecule has 2 unspecified atom stereocenters. The Hall–Kier alpha value is -0.860. The molecule has 1 rings (SSSR count). The molecular weight excluding hydrogens is 200 g/mol. The highest BCUT2D eigenvalue weighted by molar-refractivity contribution is 5.34. The third-order valence-corrected chi connectivity index (χ3v) is 3.09. The summed E-state index contributed by atoms with van der Waals surface area (Å²) in [5, 5.41) is 19.6. The molecule has 2 nitrogen and oxygen atoms in total. The third-order valence-electron chi connectivity index (χ3n) is 3.09. The van der Waals surface area contributed by atoms with Gasteiger partial charge in [-0.05, 0) is 37.0 Å². The Morgan fingerprint density at radius 1 is 1.06 bits per heavy atom. The molecule has 0 aliphatic rings. The molecule has 0 aliphatic carbocycles. The number of benzene rings is 1. The number of aliphatic hydroxyl groups excluding tert-OH is 2. The van der Waals surface area contributed by atoms with Gasteiger partial charge in [-0.15, -0.1) is 0 Å². The van der Waals surface area contributed by atoms with Gasteiger partial charge in [-0.2, -0.15) is 0 Å². The zero-order valence-corrected chi connectivity index (χ0v) is 10.4. The van der Waals surface area contributed by atoms with Crippen LogP contribution in [-0.4, -0.2) is 22.4 Å². The first-order valence-electron chi connectivity index (χ1n) is 5.97. The maximum absolute atomic E-state index is 9.90. The Morgan fingerprint density at radius 2 is 1.62 bits per heavy atom. The highest BCUT2D eigenvalue weighted by atomic mass is 16.3. The van der Waals surface area contributed by atoms with Crippen LogP contribution in [-0.2, 0) is 6.42 Å². The summed E-state index contributed by atoms with van der Waals surface area (Å²) >= 11 is 0. The molecule has 0 fully saturated rings. The summed E-state index contributed by atoms with van der Waals surface area (Å²) in [5.74, 6) is 0. The highest BCUT2D eigenvalue weighted by Gasteiger charge is 2.17. The molecule has 0 radical (unpaired) electrons.